The highest BCUT2D eigenvalue weighted by molar-refractivity contribution is 5.73. The number of rotatable bonds is 8. The summed E-state index contributed by atoms with van der Waals surface area (Å²) in [4.78, 5) is 13.3. The molecule has 6 heteroatoms. The Kier molecular flexibility index (Phi) is 6.71. The third-order valence-corrected chi connectivity index (χ3v) is 6.36. The zero-order chi connectivity index (χ0) is 23.5. The van der Waals surface area contributed by atoms with Gasteiger partial charge in [0.1, 0.15) is 24.2 Å². The lowest BCUT2D eigenvalue weighted by molar-refractivity contribution is -0.147. The number of carboxylic acids is 1. The Labute approximate surface area is 195 Å². The SMILES string of the molecule is CC1=C(CN2CC(C(=O)O)C2)CCc2cc(OCc3ccc(C#N)c(OC(C)C)c3)ccc21. The van der Waals surface area contributed by atoms with Gasteiger partial charge in [0.15, 0.2) is 0 Å². The van der Waals surface area contributed by atoms with Crippen molar-refractivity contribution < 1.29 is 19.4 Å². The number of ether oxygens (including phenoxy) is 2. The number of aryl methyl sites for hydroxylation is 1. The van der Waals surface area contributed by atoms with Crippen LogP contribution < -0.4 is 9.47 Å². The van der Waals surface area contributed by atoms with Gasteiger partial charge in [-0.1, -0.05) is 17.7 Å². The minimum absolute atomic E-state index is 0.00483. The zero-order valence-corrected chi connectivity index (χ0v) is 19.4. The lowest BCUT2D eigenvalue weighted by Gasteiger charge is -2.38. The fourth-order valence-electron chi connectivity index (χ4n) is 4.49. The predicted molar refractivity (Wildman–Crippen MR) is 126 cm³/mol. The average molecular weight is 447 g/mol. The molecule has 1 N–H and O–H groups in total. The van der Waals surface area contributed by atoms with Crippen molar-refractivity contribution in [2.75, 3.05) is 19.6 Å². The van der Waals surface area contributed by atoms with Crippen molar-refractivity contribution >= 4 is 11.5 Å². The van der Waals surface area contributed by atoms with Gasteiger partial charge in [-0.2, -0.15) is 5.26 Å². The molecule has 0 bridgehead atoms. The number of benzene rings is 2. The van der Waals surface area contributed by atoms with E-state index in [4.69, 9.17) is 14.6 Å². The molecule has 1 aliphatic heterocycles. The molecule has 0 amide bonds. The van der Waals surface area contributed by atoms with Crippen molar-refractivity contribution in [2.45, 2.75) is 46.3 Å². The number of fused-ring (bicyclic) bond motifs is 1. The topological polar surface area (TPSA) is 82.8 Å². The second-order valence-electron chi connectivity index (χ2n) is 9.17. The number of nitrogens with zero attached hydrogens (tertiary/aromatic N) is 2. The summed E-state index contributed by atoms with van der Waals surface area (Å²) in [5.41, 5.74) is 6.71. The van der Waals surface area contributed by atoms with Crippen LogP contribution in [0.5, 0.6) is 11.5 Å². The number of nitriles is 1. The summed E-state index contributed by atoms with van der Waals surface area (Å²) in [6, 6.07) is 14.0. The van der Waals surface area contributed by atoms with Crippen molar-refractivity contribution in [3.8, 4) is 17.6 Å². The van der Waals surface area contributed by atoms with E-state index in [0.717, 1.165) is 30.7 Å². The maximum atomic E-state index is 11.0. The molecule has 2 aliphatic rings. The van der Waals surface area contributed by atoms with Gasteiger partial charge in [0, 0.05) is 19.6 Å². The van der Waals surface area contributed by atoms with Crippen LogP contribution >= 0.6 is 0 Å². The van der Waals surface area contributed by atoms with Crippen molar-refractivity contribution in [2.24, 2.45) is 5.92 Å². The van der Waals surface area contributed by atoms with Gasteiger partial charge in [0.25, 0.3) is 0 Å². The molecule has 0 aromatic heterocycles. The zero-order valence-electron chi connectivity index (χ0n) is 19.4. The Morgan fingerprint density at radius 3 is 2.70 bits per heavy atom. The maximum absolute atomic E-state index is 11.0. The Bertz CT molecular complexity index is 1120. The molecule has 2 aromatic carbocycles. The van der Waals surface area contributed by atoms with Gasteiger partial charge in [-0.3, -0.25) is 9.69 Å². The third kappa shape index (κ3) is 5.20. The number of hydrogen-bond acceptors (Lipinski definition) is 5. The van der Waals surface area contributed by atoms with Crippen LogP contribution in [-0.4, -0.2) is 41.7 Å². The molecule has 4 rings (SSSR count). The smallest absolute Gasteiger partial charge is 0.309 e. The third-order valence-electron chi connectivity index (χ3n) is 6.36. The Hall–Kier alpha value is -3.30. The van der Waals surface area contributed by atoms with Crippen LogP contribution in [0.4, 0.5) is 0 Å². The van der Waals surface area contributed by atoms with Crippen LogP contribution in [0.15, 0.2) is 42.0 Å². The van der Waals surface area contributed by atoms with Gasteiger partial charge in [0.2, 0.25) is 0 Å². The monoisotopic (exact) mass is 446 g/mol. The summed E-state index contributed by atoms with van der Waals surface area (Å²) in [6.07, 6.45) is 1.94. The average Bonchev–Trinajstić information content (AvgIpc) is 2.75. The van der Waals surface area contributed by atoms with Crippen molar-refractivity contribution in [3.63, 3.8) is 0 Å². The highest BCUT2D eigenvalue weighted by atomic mass is 16.5. The highest BCUT2D eigenvalue weighted by Gasteiger charge is 2.33. The van der Waals surface area contributed by atoms with E-state index in [2.05, 4.69) is 30.0 Å². The van der Waals surface area contributed by atoms with E-state index in [-0.39, 0.29) is 12.0 Å². The number of carbonyl (C=O) groups is 1. The van der Waals surface area contributed by atoms with E-state index in [0.29, 0.717) is 31.0 Å². The van der Waals surface area contributed by atoms with Gasteiger partial charge >= 0.3 is 5.97 Å². The molecule has 1 aliphatic carbocycles. The van der Waals surface area contributed by atoms with Crippen molar-refractivity contribution in [3.05, 3.63) is 64.2 Å². The summed E-state index contributed by atoms with van der Waals surface area (Å²) in [7, 11) is 0. The number of likely N-dealkylation sites (tertiary alicyclic amines) is 1. The molecule has 0 unspecified atom stereocenters. The van der Waals surface area contributed by atoms with Gasteiger partial charge in [0.05, 0.1) is 17.6 Å². The number of hydrogen-bond donors (Lipinski definition) is 1. The quantitative estimate of drug-likeness (QED) is 0.635. The molecule has 33 heavy (non-hydrogen) atoms. The van der Waals surface area contributed by atoms with Crippen molar-refractivity contribution in [1.29, 1.82) is 5.26 Å². The summed E-state index contributed by atoms with van der Waals surface area (Å²) in [5.74, 6) is 0.505. The molecule has 0 saturated carbocycles. The van der Waals surface area contributed by atoms with Crippen LogP contribution in [0, 0.1) is 17.2 Å². The number of carboxylic acid groups (broad SMARTS) is 1. The second kappa shape index (κ2) is 9.68. The fraction of sp³-hybridized carbons (Fsp3) is 0.407. The number of allylic oxidation sites excluding steroid dienone is 1. The van der Waals surface area contributed by atoms with Gasteiger partial charge in [-0.15, -0.1) is 0 Å². The summed E-state index contributed by atoms with van der Waals surface area (Å²) in [6.45, 7) is 8.59. The van der Waals surface area contributed by atoms with E-state index in [1.807, 2.05) is 32.0 Å². The molecular weight excluding hydrogens is 416 g/mol. The molecule has 1 saturated heterocycles. The van der Waals surface area contributed by atoms with E-state index >= 15 is 0 Å². The van der Waals surface area contributed by atoms with E-state index < -0.39 is 5.97 Å². The first-order chi connectivity index (χ1) is 15.8. The van der Waals surface area contributed by atoms with Crippen LogP contribution in [0.1, 0.15) is 49.4 Å². The van der Waals surface area contributed by atoms with Crippen LogP contribution in [-0.2, 0) is 17.8 Å². The van der Waals surface area contributed by atoms with E-state index in [1.54, 1.807) is 6.07 Å². The molecule has 6 nitrogen and oxygen atoms in total. The summed E-state index contributed by atoms with van der Waals surface area (Å²) < 4.78 is 11.8. The summed E-state index contributed by atoms with van der Waals surface area (Å²) in [5, 5.41) is 18.4. The highest BCUT2D eigenvalue weighted by Crippen LogP contribution is 2.35. The molecule has 0 atom stereocenters. The maximum Gasteiger partial charge on any atom is 0.309 e. The molecule has 172 valence electrons. The largest absolute Gasteiger partial charge is 0.490 e. The second-order valence-corrected chi connectivity index (χ2v) is 9.17. The first-order valence-corrected chi connectivity index (χ1v) is 11.4. The fourth-order valence-corrected chi connectivity index (χ4v) is 4.49. The van der Waals surface area contributed by atoms with Crippen LogP contribution in [0.25, 0.3) is 5.57 Å². The minimum atomic E-state index is -0.692. The van der Waals surface area contributed by atoms with E-state index in [9.17, 15) is 10.1 Å². The normalized spacial score (nSPS) is 16.2. The Morgan fingerprint density at radius 2 is 2.00 bits per heavy atom. The molecular formula is C27H30N2O4. The molecule has 2 aromatic rings. The molecule has 1 heterocycles. The lowest BCUT2D eigenvalue weighted by Crippen LogP contribution is -2.50. The van der Waals surface area contributed by atoms with Gasteiger partial charge in [-0.05, 0) is 80.1 Å². The van der Waals surface area contributed by atoms with Crippen LogP contribution in [0.2, 0.25) is 0 Å². The number of aliphatic carboxylic acids is 1. The van der Waals surface area contributed by atoms with Crippen molar-refractivity contribution in [1.82, 2.24) is 4.90 Å². The van der Waals surface area contributed by atoms with Gasteiger partial charge < -0.3 is 14.6 Å². The lowest BCUT2D eigenvalue weighted by atomic mass is 9.85. The molecule has 1 fully saturated rings. The predicted octanol–water partition coefficient (Wildman–Crippen LogP) is 4.66. The minimum Gasteiger partial charge on any atom is -0.490 e. The first kappa shape index (κ1) is 22.9. The first-order valence-electron chi connectivity index (χ1n) is 11.4. The van der Waals surface area contributed by atoms with Crippen LogP contribution in [0.3, 0.4) is 0 Å². The Morgan fingerprint density at radius 1 is 1.21 bits per heavy atom. The standard InChI is InChI=1S/C27H30N2O4/c1-17(2)33-26-10-19(4-5-21(26)12-28)16-32-24-8-9-25-18(3)22(7-6-20(25)11-24)13-29-14-23(15-29)27(30)31/h4-5,8-11,17,23H,6-7,13-16H2,1-3H3,(H,30,31). The molecule has 0 spiro atoms. The van der Waals surface area contributed by atoms with Gasteiger partial charge in [-0.25, -0.2) is 0 Å². The van der Waals surface area contributed by atoms with E-state index in [1.165, 1.54) is 22.3 Å². The summed E-state index contributed by atoms with van der Waals surface area (Å²) >= 11 is 0. The molecule has 0 radical (unpaired) electrons. The Balaban J connectivity index is 1.41.